The molecule has 3 nitrogen and oxygen atoms in total. The van der Waals surface area contributed by atoms with Crippen LogP contribution in [0, 0.1) is 6.92 Å². The Labute approximate surface area is 138 Å². The summed E-state index contributed by atoms with van der Waals surface area (Å²) >= 11 is 0. The van der Waals surface area contributed by atoms with Gasteiger partial charge in [0.2, 0.25) is 5.91 Å². The number of alkyl halides is 6. The van der Waals surface area contributed by atoms with Crippen LogP contribution >= 0.6 is 0 Å². The minimum atomic E-state index is -4.97. The van der Waals surface area contributed by atoms with Crippen molar-refractivity contribution in [1.29, 1.82) is 0 Å². The largest absolute Gasteiger partial charge is 0.466 e. The molecular formula is C16H13F6NO2. The van der Waals surface area contributed by atoms with Crippen molar-refractivity contribution in [3.63, 3.8) is 0 Å². The molecule has 0 fully saturated rings. The second-order valence-corrected chi connectivity index (χ2v) is 5.36. The van der Waals surface area contributed by atoms with Crippen LogP contribution < -0.4 is 5.32 Å². The van der Waals surface area contributed by atoms with Crippen LogP contribution in [0.15, 0.2) is 34.7 Å². The summed E-state index contributed by atoms with van der Waals surface area (Å²) in [5.74, 6) is 0.400. The molecule has 0 aliphatic carbocycles. The second-order valence-electron chi connectivity index (χ2n) is 5.36. The number of rotatable bonds is 4. The molecule has 136 valence electrons. The normalized spacial score (nSPS) is 12.3. The van der Waals surface area contributed by atoms with Crippen molar-refractivity contribution in [2.45, 2.75) is 32.1 Å². The molecule has 0 saturated heterocycles. The molecule has 1 heterocycles. The van der Waals surface area contributed by atoms with E-state index in [0.29, 0.717) is 23.7 Å². The quantitative estimate of drug-likeness (QED) is 0.757. The molecule has 0 atom stereocenters. The van der Waals surface area contributed by atoms with Gasteiger partial charge < -0.3 is 9.73 Å². The van der Waals surface area contributed by atoms with E-state index < -0.39 is 35.1 Å². The van der Waals surface area contributed by atoms with E-state index in [0.717, 1.165) is 0 Å². The highest BCUT2D eigenvalue weighted by Gasteiger charge is 2.37. The van der Waals surface area contributed by atoms with Gasteiger partial charge in [0, 0.05) is 18.5 Å². The fourth-order valence-electron chi connectivity index (χ4n) is 2.11. The van der Waals surface area contributed by atoms with Crippen LogP contribution in [0.25, 0.3) is 0 Å². The van der Waals surface area contributed by atoms with Gasteiger partial charge in [-0.15, -0.1) is 0 Å². The first-order valence-corrected chi connectivity index (χ1v) is 7.10. The van der Waals surface area contributed by atoms with E-state index in [1.165, 1.54) is 0 Å². The van der Waals surface area contributed by atoms with Crippen LogP contribution in [-0.4, -0.2) is 5.91 Å². The summed E-state index contributed by atoms with van der Waals surface area (Å²) in [6.07, 6.45) is -9.91. The van der Waals surface area contributed by atoms with Gasteiger partial charge in [0.05, 0.1) is 11.1 Å². The topological polar surface area (TPSA) is 42.2 Å². The van der Waals surface area contributed by atoms with Gasteiger partial charge in [0.1, 0.15) is 11.5 Å². The van der Waals surface area contributed by atoms with Crippen molar-refractivity contribution in [2.24, 2.45) is 0 Å². The average Bonchev–Trinajstić information content (AvgIpc) is 2.89. The van der Waals surface area contributed by atoms with Gasteiger partial charge >= 0.3 is 12.4 Å². The van der Waals surface area contributed by atoms with Gasteiger partial charge in [0.25, 0.3) is 0 Å². The van der Waals surface area contributed by atoms with E-state index in [1.807, 2.05) is 0 Å². The maximum atomic E-state index is 12.8. The van der Waals surface area contributed by atoms with E-state index in [1.54, 1.807) is 19.1 Å². The lowest BCUT2D eigenvalue weighted by Crippen LogP contribution is -2.16. The summed E-state index contributed by atoms with van der Waals surface area (Å²) in [5, 5.41) is 2.06. The van der Waals surface area contributed by atoms with E-state index in [-0.39, 0.29) is 18.9 Å². The second kappa shape index (κ2) is 6.81. The van der Waals surface area contributed by atoms with Gasteiger partial charge in [-0.1, -0.05) is 0 Å². The molecule has 0 aliphatic rings. The smallest absolute Gasteiger partial charge is 0.416 e. The summed E-state index contributed by atoms with van der Waals surface area (Å²) in [6.45, 7) is 1.70. The Hall–Kier alpha value is -2.45. The molecule has 1 aromatic heterocycles. The van der Waals surface area contributed by atoms with Crippen molar-refractivity contribution in [2.75, 3.05) is 5.32 Å². The molecule has 2 aromatic rings. The van der Waals surface area contributed by atoms with Crippen LogP contribution in [0.2, 0.25) is 0 Å². The third-order valence-electron chi connectivity index (χ3n) is 3.27. The Morgan fingerprint density at radius 2 is 1.56 bits per heavy atom. The fraction of sp³-hybridized carbons (Fsp3) is 0.312. The predicted molar refractivity (Wildman–Crippen MR) is 76.8 cm³/mol. The first kappa shape index (κ1) is 18.9. The first-order valence-electron chi connectivity index (χ1n) is 7.10. The van der Waals surface area contributed by atoms with Crippen molar-refractivity contribution in [1.82, 2.24) is 0 Å². The summed E-state index contributed by atoms with van der Waals surface area (Å²) < 4.78 is 81.8. The van der Waals surface area contributed by atoms with Gasteiger partial charge in [-0.3, -0.25) is 4.79 Å². The minimum absolute atomic E-state index is 0.00127. The maximum absolute atomic E-state index is 12.8. The third kappa shape index (κ3) is 5.27. The number of hydrogen-bond donors (Lipinski definition) is 1. The molecule has 9 heteroatoms. The van der Waals surface area contributed by atoms with Gasteiger partial charge in [-0.05, 0) is 37.3 Å². The van der Waals surface area contributed by atoms with Crippen molar-refractivity contribution >= 4 is 11.6 Å². The van der Waals surface area contributed by atoms with Crippen molar-refractivity contribution in [3.8, 4) is 0 Å². The Bertz CT molecular complexity index is 728. The molecule has 0 unspecified atom stereocenters. The number of carbonyl (C=O) groups is 1. The number of aryl methyl sites for hydroxylation is 2. The van der Waals surface area contributed by atoms with E-state index >= 15 is 0 Å². The SMILES string of the molecule is Cc1ccc(CCC(=O)Nc2cc(C(F)(F)F)cc(C(F)(F)F)c2)o1. The summed E-state index contributed by atoms with van der Waals surface area (Å²) in [5.41, 5.74) is -3.54. The standard InChI is InChI=1S/C16H13F6NO2/c1-9-2-3-13(25-9)4-5-14(24)23-12-7-10(15(17,18)19)6-11(8-12)16(20,21)22/h2-3,6-8H,4-5H2,1H3,(H,23,24). The van der Waals surface area contributed by atoms with Crippen LogP contribution in [0.5, 0.6) is 0 Å². The highest BCUT2D eigenvalue weighted by atomic mass is 19.4. The summed E-state index contributed by atoms with van der Waals surface area (Å²) in [4.78, 5) is 11.8. The predicted octanol–water partition coefficient (Wildman–Crippen LogP) is 5.20. The Morgan fingerprint density at radius 3 is 2.00 bits per heavy atom. The molecule has 2 rings (SSSR count). The van der Waals surface area contributed by atoms with Gasteiger partial charge in [0.15, 0.2) is 0 Å². The highest BCUT2D eigenvalue weighted by molar-refractivity contribution is 5.91. The summed E-state index contributed by atoms with van der Waals surface area (Å²) in [6, 6.07) is 4.24. The molecular weight excluding hydrogens is 352 g/mol. The van der Waals surface area contributed by atoms with E-state index in [2.05, 4.69) is 5.32 Å². The van der Waals surface area contributed by atoms with Crippen molar-refractivity contribution in [3.05, 3.63) is 53.0 Å². The van der Waals surface area contributed by atoms with E-state index in [9.17, 15) is 31.1 Å². The molecule has 1 aromatic carbocycles. The zero-order chi connectivity index (χ0) is 18.8. The number of hydrogen-bond acceptors (Lipinski definition) is 2. The number of benzene rings is 1. The van der Waals surface area contributed by atoms with Crippen molar-refractivity contribution < 1.29 is 35.6 Å². The van der Waals surface area contributed by atoms with Crippen LogP contribution in [0.1, 0.15) is 29.1 Å². The van der Waals surface area contributed by atoms with Crippen LogP contribution in [0.3, 0.4) is 0 Å². The van der Waals surface area contributed by atoms with Crippen LogP contribution in [0.4, 0.5) is 32.0 Å². The third-order valence-corrected chi connectivity index (χ3v) is 3.27. The molecule has 1 amide bonds. The maximum Gasteiger partial charge on any atom is 0.416 e. The zero-order valence-electron chi connectivity index (χ0n) is 12.9. The Balaban J connectivity index is 2.15. The molecule has 0 radical (unpaired) electrons. The van der Waals surface area contributed by atoms with Gasteiger partial charge in [-0.2, -0.15) is 26.3 Å². The number of carbonyl (C=O) groups excluding carboxylic acids is 1. The average molecular weight is 365 g/mol. The number of halogens is 6. The van der Waals surface area contributed by atoms with Gasteiger partial charge in [-0.25, -0.2) is 0 Å². The molecule has 1 N–H and O–H groups in total. The number of amides is 1. The zero-order valence-corrected chi connectivity index (χ0v) is 12.9. The van der Waals surface area contributed by atoms with Crippen LogP contribution in [-0.2, 0) is 23.6 Å². The monoisotopic (exact) mass is 365 g/mol. The number of anilines is 1. The summed E-state index contributed by atoms with van der Waals surface area (Å²) in [7, 11) is 0. The lowest BCUT2D eigenvalue weighted by Gasteiger charge is -2.14. The number of furan rings is 1. The first-order chi connectivity index (χ1) is 11.4. The Morgan fingerprint density at radius 1 is 1.00 bits per heavy atom. The highest BCUT2D eigenvalue weighted by Crippen LogP contribution is 2.37. The molecule has 0 aliphatic heterocycles. The minimum Gasteiger partial charge on any atom is -0.466 e. The molecule has 25 heavy (non-hydrogen) atoms. The fourth-order valence-corrected chi connectivity index (χ4v) is 2.11. The molecule has 0 saturated carbocycles. The lowest BCUT2D eigenvalue weighted by molar-refractivity contribution is -0.143. The van der Waals surface area contributed by atoms with E-state index in [4.69, 9.17) is 4.42 Å². The lowest BCUT2D eigenvalue weighted by atomic mass is 10.1. The Kier molecular flexibility index (Phi) is 5.15. The molecule has 0 spiro atoms. The molecule has 0 bridgehead atoms. The number of nitrogens with one attached hydrogen (secondary N) is 1.